The molecule has 3 N–H and O–H groups in total. The molecule has 0 spiro atoms. The summed E-state index contributed by atoms with van der Waals surface area (Å²) in [5.74, 6) is 1.72. The van der Waals surface area contributed by atoms with Gasteiger partial charge in [-0.05, 0) is 0 Å². The van der Waals surface area contributed by atoms with Crippen molar-refractivity contribution in [3.05, 3.63) is 17.7 Å². The van der Waals surface area contributed by atoms with E-state index in [1.165, 1.54) is 0 Å². The molecule has 0 amide bonds. The highest BCUT2D eigenvalue weighted by atomic mass is 16.3. The van der Waals surface area contributed by atoms with Gasteiger partial charge < -0.3 is 15.3 Å². The summed E-state index contributed by atoms with van der Waals surface area (Å²) in [6, 6.07) is 2.26. The molecule has 0 aliphatic carbocycles. The van der Waals surface area contributed by atoms with Crippen LogP contribution in [0.2, 0.25) is 0 Å². The van der Waals surface area contributed by atoms with Gasteiger partial charge in [0.25, 0.3) is 0 Å². The van der Waals surface area contributed by atoms with Crippen LogP contribution in [-0.2, 0) is 6.42 Å². The van der Waals surface area contributed by atoms with Gasteiger partial charge in [-0.15, -0.1) is 12.3 Å². The maximum atomic E-state index is 9.19. The Bertz CT molecular complexity index is 313. The van der Waals surface area contributed by atoms with Crippen molar-refractivity contribution in [2.75, 3.05) is 0 Å². The van der Waals surface area contributed by atoms with Gasteiger partial charge in [0.15, 0.2) is 0 Å². The van der Waals surface area contributed by atoms with Gasteiger partial charge in [0.1, 0.15) is 17.2 Å². The molecule has 0 radical (unpaired) electrons. The molecule has 0 aromatic heterocycles. The molecule has 0 atom stereocenters. The molecule has 3 nitrogen and oxygen atoms in total. The second kappa shape index (κ2) is 3.05. The molecular weight excluding hydrogens is 156 g/mol. The number of benzene rings is 1. The van der Waals surface area contributed by atoms with Gasteiger partial charge >= 0.3 is 0 Å². The third-order valence-electron chi connectivity index (χ3n) is 1.47. The van der Waals surface area contributed by atoms with Crippen LogP contribution in [0.4, 0.5) is 0 Å². The smallest absolute Gasteiger partial charge is 0.127 e. The quantitative estimate of drug-likeness (QED) is 0.542. The minimum absolute atomic E-state index is 0.137. The van der Waals surface area contributed by atoms with Crippen LogP contribution in [0.25, 0.3) is 0 Å². The van der Waals surface area contributed by atoms with Gasteiger partial charge in [0.2, 0.25) is 0 Å². The summed E-state index contributed by atoms with van der Waals surface area (Å²) in [7, 11) is 0. The molecule has 0 unspecified atom stereocenters. The van der Waals surface area contributed by atoms with Crippen molar-refractivity contribution in [2.45, 2.75) is 6.42 Å². The predicted octanol–water partition coefficient (Wildman–Crippen LogP) is 0.979. The lowest BCUT2D eigenvalue weighted by Gasteiger charge is -2.03. The molecule has 1 rings (SSSR count). The average Bonchev–Trinajstić information content (AvgIpc) is 1.96. The molecule has 0 aliphatic heterocycles. The first-order valence-corrected chi connectivity index (χ1v) is 3.32. The van der Waals surface area contributed by atoms with Gasteiger partial charge in [-0.1, -0.05) is 0 Å². The van der Waals surface area contributed by atoms with E-state index < -0.39 is 0 Å². The fraction of sp³-hybridized carbons (Fsp3) is 0.111. The Morgan fingerprint density at radius 3 is 2.08 bits per heavy atom. The van der Waals surface area contributed by atoms with Crippen molar-refractivity contribution in [3.63, 3.8) is 0 Å². The summed E-state index contributed by atoms with van der Waals surface area (Å²) in [5, 5.41) is 27.3. The van der Waals surface area contributed by atoms with Crippen LogP contribution >= 0.6 is 0 Å². The highest BCUT2D eigenvalue weighted by molar-refractivity contribution is 5.49. The van der Waals surface area contributed by atoms with Crippen LogP contribution in [0, 0.1) is 12.3 Å². The number of rotatable bonds is 1. The normalized spacial score (nSPS) is 9.25. The number of hydrogen-bond donors (Lipinski definition) is 3. The molecule has 0 bridgehead atoms. The zero-order valence-electron chi connectivity index (χ0n) is 6.28. The summed E-state index contributed by atoms with van der Waals surface area (Å²) in [6.07, 6.45) is 5.14. The van der Waals surface area contributed by atoms with Crippen molar-refractivity contribution in [1.82, 2.24) is 0 Å². The SMILES string of the molecule is C#CCc1c(O)cc(O)cc1O. The molecule has 0 aliphatic rings. The Kier molecular flexibility index (Phi) is 2.11. The molecule has 1 aromatic carbocycles. The second-order valence-corrected chi connectivity index (χ2v) is 2.34. The van der Waals surface area contributed by atoms with Crippen molar-refractivity contribution >= 4 is 0 Å². The fourth-order valence-electron chi connectivity index (χ4n) is 0.910. The third kappa shape index (κ3) is 1.43. The first kappa shape index (κ1) is 8.28. The van der Waals surface area contributed by atoms with Crippen LogP contribution in [0.15, 0.2) is 12.1 Å². The van der Waals surface area contributed by atoms with Crippen LogP contribution < -0.4 is 0 Å². The lowest BCUT2D eigenvalue weighted by Crippen LogP contribution is -1.83. The van der Waals surface area contributed by atoms with E-state index in [1.807, 2.05) is 0 Å². The number of phenols is 3. The summed E-state index contributed by atoms with van der Waals surface area (Å²) >= 11 is 0. The van der Waals surface area contributed by atoms with Gasteiger partial charge in [0, 0.05) is 24.1 Å². The van der Waals surface area contributed by atoms with Crippen LogP contribution in [0.1, 0.15) is 5.56 Å². The molecule has 0 heterocycles. The topological polar surface area (TPSA) is 60.7 Å². The molecule has 0 saturated heterocycles. The van der Waals surface area contributed by atoms with E-state index in [4.69, 9.17) is 11.5 Å². The van der Waals surface area contributed by atoms with Gasteiger partial charge in [-0.3, -0.25) is 0 Å². The van der Waals surface area contributed by atoms with E-state index in [0.717, 1.165) is 12.1 Å². The van der Waals surface area contributed by atoms with Crippen molar-refractivity contribution < 1.29 is 15.3 Å². The van der Waals surface area contributed by atoms with E-state index >= 15 is 0 Å². The lowest BCUT2D eigenvalue weighted by atomic mass is 10.1. The average molecular weight is 164 g/mol. The summed E-state index contributed by atoms with van der Waals surface area (Å²) in [6.45, 7) is 0. The summed E-state index contributed by atoms with van der Waals surface area (Å²) < 4.78 is 0. The maximum Gasteiger partial charge on any atom is 0.127 e. The minimum Gasteiger partial charge on any atom is -0.508 e. The Morgan fingerprint density at radius 2 is 1.67 bits per heavy atom. The lowest BCUT2D eigenvalue weighted by molar-refractivity contribution is 0.421. The standard InChI is InChI=1S/C9H8O3/c1-2-3-7-8(11)4-6(10)5-9(7)12/h1,4-5,10-12H,3H2. The van der Waals surface area contributed by atoms with Crippen molar-refractivity contribution in [3.8, 4) is 29.6 Å². The maximum absolute atomic E-state index is 9.19. The highest BCUT2D eigenvalue weighted by Gasteiger charge is 2.07. The predicted molar refractivity (Wildman–Crippen MR) is 44.0 cm³/mol. The molecule has 62 valence electrons. The number of terminal acetylenes is 1. The summed E-state index contributed by atoms with van der Waals surface area (Å²) in [5.41, 5.74) is 0.260. The minimum atomic E-state index is -0.189. The van der Waals surface area contributed by atoms with E-state index in [-0.39, 0.29) is 29.2 Å². The molecule has 0 saturated carbocycles. The van der Waals surface area contributed by atoms with E-state index in [1.54, 1.807) is 0 Å². The molecule has 1 aromatic rings. The Hall–Kier alpha value is -1.82. The molecule has 3 heteroatoms. The van der Waals surface area contributed by atoms with Gasteiger partial charge in [-0.2, -0.15) is 0 Å². The summed E-state index contributed by atoms with van der Waals surface area (Å²) in [4.78, 5) is 0. The van der Waals surface area contributed by atoms with Gasteiger partial charge in [-0.25, -0.2) is 0 Å². The van der Waals surface area contributed by atoms with E-state index in [9.17, 15) is 10.2 Å². The molecule has 12 heavy (non-hydrogen) atoms. The molecule has 0 fully saturated rings. The fourth-order valence-corrected chi connectivity index (χ4v) is 0.910. The second-order valence-electron chi connectivity index (χ2n) is 2.34. The first-order chi connectivity index (χ1) is 5.65. The zero-order valence-corrected chi connectivity index (χ0v) is 6.28. The highest BCUT2D eigenvalue weighted by Crippen LogP contribution is 2.31. The largest absolute Gasteiger partial charge is 0.508 e. The number of phenolic OH excluding ortho intramolecular Hbond substituents is 3. The third-order valence-corrected chi connectivity index (χ3v) is 1.47. The Balaban J connectivity index is 3.21. The van der Waals surface area contributed by atoms with Gasteiger partial charge in [0.05, 0.1) is 0 Å². The van der Waals surface area contributed by atoms with Crippen molar-refractivity contribution in [1.29, 1.82) is 0 Å². The first-order valence-electron chi connectivity index (χ1n) is 3.32. The number of hydrogen-bond acceptors (Lipinski definition) is 3. The van der Waals surface area contributed by atoms with Crippen LogP contribution in [0.5, 0.6) is 17.2 Å². The van der Waals surface area contributed by atoms with E-state index in [0.29, 0.717) is 0 Å². The van der Waals surface area contributed by atoms with Crippen molar-refractivity contribution in [2.24, 2.45) is 0 Å². The Labute approximate surface area is 69.9 Å². The van der Waals surface area contributed by atoms with Crippen LogP contribution in [0.3, 0.4) is 0 Å². The monoisotopic (exact) mass is 164 g/mol. The molecular formula is C9H8O3. The Morgan fingerprint density at radius 1 is 1.17 bits per heavy atom. The zero-order chi connectivity index (χ0) is 9.14. The van der Waals surface area contributed by atoms with E-state index in [2.05, 4.69) is 5.92 Å². The number of aromatic hydroxyl groups is 3. The van der Waals surface area contributed by atoms with Crippen LogP contribution in [-0.4, -0.2) is 15.3 Å².